The lowest BCUT2D eigenvalue weighted by Gasteiger charge is -2.45. The summed E-state index contributed by atoms with van der Waals surface area (Å²) in [6.07, 6.45) is -7.04. The van der Waals surface area contributed by atoms with Crippen LogP contribution in [0.4, 0.5) is 11.4 Å². The van der Waals surface area contributed by atoms with E-state index in [2.05, 4.69) is 16.3 Å². The van der Waals surface area contributed by atoms with Gasteiger partial charge in [-0.3, -0.25) is 23.7 Å². The quantitative estimate of drug-likeness (QED) is 0.112. The molecule has 14 heteroatoms. The van der Waals surface area contributed by atoms with Crippen LogP contribution in [0.2, 0.25) is 0 Å². The highest BCUT2D eigenvalue weighted by Crippen LogP contribution is 2.43. The summed E-state index contributed by atoms with van der Waals surface area (Å²) in [7, 11) is 0. The van der Waals surface area contributed by atoms with Crippen LogP contribution < -0.4 is 0 Å². The molecule has 1 aliphatic heterocycles. The number of benzene rings is 2. The number of aromatic nitrogens is 1. The fourth-order valence-electron chi connectivity index (χ4n) is 5.29. The summed E-state index contributed by atoms with van der Waals surface area (Å²) in [5.74, 6) is -3.01. The fraction of sp³-hybridized carbons (Fsp3) is 0.353. The average Bonchev–Trinajstić information content (AvgIpc) is 3.02. The first-order valence-electron chi connectivity index (χ1n) is 14.9. The fourth-order valence-corrected chi connectivity index (χ4v) is 5.69. The molecule has 4 rings (SSSR count). The molecule has 0 saturated carbocycles. The van der Waals surface area contributed by atoms with Gasteiger partial charge in [-0.25, -0.2) is 0 Å². The van der Waals surface area contributed by atoms with Crippen molar-refractivity contribution in [1.29, 1.82) is 5.26 Å². The van der Waals surface area contributed by atoms with Crippen LogP contribution in [0.1, 0.15) is 50.6 Å². The lowest BCUT2D eigenvalue weighted by molar-refractivity contribution is -0.268. The van der Waals surface area contributed by atoms with Crippen molar-refractivity contribution in [3.05, 3.63) is 75.9 Å². The molecule has 1 aromatic heterocycles. The van der Waals surface area contributed by atoms with Gasteiger partial charge in [-0.1, -0.05) is 60.2 Å². The molecule has 0 aliphatic carbocycles. The zero-order valence-electron chi connectivity index (χ0n) is 27.2. The smallest absolute Gasteiger partial charge is 0.303 e. The number of azo groups is 1. The van der Waals surface area contributed by atoms with Crippen molar-refractivity contribution in [3.8, 4) is 17.3 Å². The molecule has 48 heavy (non-hydrogen) atoms. The Kier molecular flexibility index (Phi) is 11.5. The number of rotatable bonds is 9. The van der Waals surface area contributed by atoms with E-state index in [0.717, 1.165) is 26.3 Å². The molecule has 0 bridgehead atoms. The van der Waals surface area contributed by atoms with E-state index in [0.29, 0.717) is 22.5 Å². The number of pyridine rings is 1. The van der Waals surface area contributed by atoms with Gasteiger partial charge < -0.3 is 23.7 Å². The van der Waals surface area contributed by atoms with Crippen molar-refractivity contribution in [2.75, 3.05) is 6.61 Å². The summed E-state index contributed by atoms with van der Waals surface area (Å²) in [4.78, 5) is 49.2. The number of hydrogen-bond donors (Lipinski definition) is 0. The molecule has 3 aromatic rings. The van der Waals surface area contributed by atoms with Gasteiger partial charge in [0.1, 0.15) is 29.1 Å². The zero-order chi connectivity index (χ0) is 35.1. The largest absolute Gasteiger partial charge is 0.463 e. The SMILES string of the molecule is CC(=O)OC[C@H]1O[C@@H](n2c(-c3ccccc3)c(N=Nc3ccc(C)cc3)c(C)c(C#N)c2=S)[C@H](OC(C)=O)[C@@H](OC(C)=O)[C@H]1OC(C)=O. The minimum Gasteiger partial charge on any atom is -0.463 e. The first kappa shape index (κ1) is 35.6. The Hall–Kier alpha value is -5.26. The molecule has 0 unspecified atom stereocenters. The minimum absolute atomic E-state index is 0.0240. The lowest BCUT2D eigenvalue weighted by atomic mass is 9.95. The predicted molar refractivity (Wildman–Crippen MR) is 173 cm³/mol. The minimum atomic E-state index is -1.49. The molecule has 250 valence electrons. The van der Waals surface area contributed by atoms with Gasteiger partial charge in [0, 0.05) is 33.3 Å². The number of hydrogen-bond acceptors (Lipinski definition) is 13. The highest BCUT2D eigenvalue weighted by Gasteiger charge is 2.53. The van der Waals surface area contributed by atoms with Crippen LogP contribution in [-0.4, -0.2) is 59.5 Å². The monoisotopic (exact) mass is 674 g/mol. The predicted octanol–water partition coefficient (Wildman–Crippen LogP) is 6.04. The third-order valence-corrected chi connectivity index (χ3v) is 7.71. The normalized spacial score (nSPS) is 20.4. The summed E-state index contributed by atoms with van der Waals surface area (Å²) in [6, 6.07) is 18.4. The van der Waals surface area contributed by atoms with Gasteiger partial charge >= 0.3 is 23.9 Å². The molecule has 2 aromatic carbocycles. The number of carbonyl (C=O) groups excluding carboxylic acids is 4. The van der Waals surface area contributed by atoms with Crippen LogP contribution in [0, 0.1) is 29.8 Å². The van der Waals surface area contributed by atoms with E-state index in [1.165, 1.54) is 11.5 Å². The number of nitriles is 1. The van der Waals surface area contributed by atoms with E-state index in [1.807, 2.05) is 19.1 Å². The highest BCUT2D eigenvalue weighted by atomic mass is 32.1. The van der Waals surface area contributed by atoms with Gasteiger partial charge in [0.25, 0.3) is 0 Å². The maximum atomic E-state index is 12.6. The Labute approximate surface area is 282 Å². The second-order valence-corrected chi connectivity index (χ2v) is 11.4. The second kappa shape index (κ2) is 15.6. The molecule has 0 N–H and O–H groups in total. The molecule has 5 atom stereocenters. The maximum Gasteiger partial charge on any atom is 0.303 e. The molecule has 0 spiro atoms. The number of aryl methyl sites for hydroxylation is 1. The Bertz CT molecular complexity index is 1830. The molecule has 1 saturated heterocycles. The number of esters is 4. The molecule has 1 fully saturated rings. The number of ether oxygens (including phenoxy) is 5. The summed E-state index contributed by atoms with van der Waals surface area (Å²) in [5, 5.41) is 19.4. The lowest BCUT2D eigenvalue weighted by Crippen LogP contribution is -2.60. The van der Waals surface area contributed by atoms with Crippen molar-refractivity contribution in [2.24, 2.45) is 10.2 Å². The van der Waals surface area contributed by atoms with Gasteiger partial charge in [-0.2, -0.15) is 10.4 Å². The second-order valence-electron chi connectivity index (χ2n) is 11.0. The summed E-state index contributed by atoms with van der Waals surface area (Å²) < 4.78 is 30.1. The Morgan fingerprint density at radius 3 is 1.98 bits per heavy atom. The van der Waals surface area contributed by atoms with Crippen molar-refractivity contribution in [3.63, 3.8) is 0 Å². The Morgan fingerprint density at radius 1 is 0.833 bits per heavy atom. The average molecular weight is 675 g/mol. The van der Waals surface area contributed by atoms with Crippen LogP contribution >= 0.6 is 12.2 Å². The number of nitrogens with zero attached hydrogens (tertiary/aromatic N) is 4. The van der Waals surface area contributed by atoms with Crippen molar-refractivity contribution < 1.29 is 42.9 Å². The molecule has 0 radical (unpaired) electrons. The van der Waals surface area contributed by atoms with Gasteiger partial charge in [0.05, 0.1) is 16.9 Å². The third kappa shape index (κ3) is 8.17. The van der Waals surface area contributed by atoms with Gasteiger partial charge in [-0.05, 0) is 31.5 Å². The Morgan fingerprint density at radius 2 is 1.42 bits per heavy atom. The first-order chi connectivity index (χ1) is 22.8. The molecular weight excluding hydrogens is 640 g/mol. The van der Waals surface area contributed by atoms with Crippen LogP contribution in [0.5, 0.6) is 0 Å². The van der Waals surface area contributed by atoms with Crippen LogP contribution in [0.15, 0.2) is 64.8 Å². The highest BCUT2D eigenvalue weighted by molar-refractivity contribution is 7.71. The van der Waals surface area contributed by atoms with E-state index >= 15 is 0 Å². The first-order valence-corrected chi connectivity index (χ1v) is 15.3. The molecule has 1 aliphatic rings. The summed E-state index contributed by atoms with van der Waals surface area (Å²) in [6.45, 7) is 7.76. The van der Waals surface area contributed by atoms with E-state index in [9.17, 15) is 24.4 Å². The van der Waals surface area contributed by atoms with Gasteiger partial charge in [0.15, 0.2) is 24.5 Å². The van der Waals surface area contributed by atoms with E-state index in [1.54, 1.807) is 49.4 Å². The Balaban J connectivity index is 2.08. The molecule has 0 amide bonds. The van der Waals surface area contributed by atoms with Crippen LogP contribution in [-0.2, 0) is 42.9 Å². The third-order valence-electron chi connectivity index (χ3n) is 7.31. The molecule has 2 heterocycles. The zero-order valence-corrected chi connectivity index (χ0v) is 28.0. The van der Waals surface area contributed by atoms with Crippen molar-refractivity contribution in [2.45, 2.75) is 72.2 Å². The van der Waals surface area contributed by atoms with Crippen molar-refractivity contribution >= 4 is 47.5 Å². The molecular formula is C34H34N4O9S. The van der Waals surface area contributed by atoms with Gasteiger partial charge in [0.2, 0.25) is 0 Å². The van der Waals surface area contributed by atoms with E-state index in [4.69, 9.17) is 35.9 Å². The summed E-state index contributed by atoms with van der Waals surface area (Å²) >= 11 is 5.90. The summed E-state index contributed by atoms with van der Waals surface area (Å²) in [5.41, 5.74) is 3.18. The molecule has 13 nitrogen and oxygen atoms in total. The van der Waals surface area contributed by atoms with Crippen molar-refractivity contribution in [1.82, 2.24) is 4.57 Å². The maximum absolute atomic E-state index is 12.6. The van der Waals surface area contributed by atoms with E-state index < -0.39 is 61.1 Å². The van der Waals surface area contributed by atoms with E-state index in [-0.39, 0.29) is 15.9 Å². The van der Waals surface area contributed by atoms with Gasteiger partial charge in [-0.15, -0.1) is 5.11 Å². The van der Waals surface area contributed by atoms with Crippen LogP contribution in [0.25, 0.3) is 11.3 Å². The van der Waals surface area contributed by atoms with Crippen LogP contribution in [0.3, 0.4) is 0 Å². The number of carbonyl (C=O) groups is 4. The standard InChI is InChI=1S/C34H34N4O9S/c1-18-12-14-25(15-13-18)36-37-28-19(2)26(16-35)34(48)38(29(28)24-10-8-7-9-11-24)33-32(46-23(6)42)31(45-22(5)41)30(44-21(4)40)27(47-33)17-43-20(3)39/h7-15,27,30-33H,17H2,1-6H3/t27-,30+,31+,32-,33-/m1/s1. The topological polar surface area (TPSA) is 168 Å².